The van der Waals surface area contributed by atoms with Crippen LogP contribution in [0.2, 0.25) is 0 Å². The number of aromatic nitrogens is 4. The number of hydrogen-bond acceptors (Lipinski definition) is 7. The summed E-state index contributed by atoms with van der Waals surface area (Å²) in [7, 11) is 3.53. The fourth-order valence-electron chi connectivity index (χ4n) is 5.68. The molecule has 1 saturated carbocycles. The van der Waals surface area contributed by atoms with Crippen molar-refractivity contribution in [2.75, 3.05) is 32.5 Å². The first-order valence-electron chi connectivity index (χ1n) is 12.3. The third-order valence-electron chi connectivity index (χ3n) is 7.46. The fraction of sp³-hybridized carbons (Fsp3) is 0.480. The second-order valence-corrected chi connectivity index (χ2v) is 10.0. The van der Waals surface area contributed by atoms with Gasteiger partial charge < -0.3 is 25.0 Å². The summed E-state index contributed by atoms with van der Waals surface area (Å²) in [4.78, 5) is 43.0. The molecule has 182 valence electrons. The Hall–Kier alpha value is -3.53. The average molecular weight is 475 g/mol. The summed E-state index contributed by atoms with van der Waals surface area (Å²) >= 11 is 0. The number of hydrogen-bond donors (Lipinski definition) is 2. The molecular formula is C25H30N8O2. The van der Waals surface area contributed by atoms with E-state index in [0.29, 0.717) is 29.1 Å². The number of carbonyl (C=O) groups excluding carboxylic acids is 2. The molecule has 2 amide bonds. The van der Waals surface area contributed by atoms with Crippen LogP contribution in [0.3, 0.4) is 0 Å². The summed E-state index contributed by atoms with van der Waals surface area (Å²) in [6.07, 6.45) is 8.77. The molecule has 3 fully saturated rings. The lowest BCUT2D eigenvalue weighted by atomic mass is 10.2. The van der Waals surface area contributed by atoms with Crippen LogP contribution in [0.1, 0.15) is 59.0 Å². The summed E-state index contributed by atoms with van der Waals surface area (Å²) in [5.74, 6) is 0.971. The van der Waals surface area contributed by atoms with Gasteiger partial charge in [-0.3, -0.25) is 9.59 Å². The van der Waals surface area contributed by atoms with Crippen LogP contribution in [0.5, 0.6) is 0 Å². The molecular weight excluding hydrogens is 444 g/mol. The maximum Gasteiger partial charge on any atom is 0.270 e. The highest BCUT2D eigenvalue weighted by molar-refractivity contribution is 5.98. The Kier molecular flexibility index (Phi) is 5.40. The lowest BCUT2D eigenvalue weighted by Gasteiger charge is -2.27. The maximum atomic E-state index is 12.9. The van der Waals surface area contributed by atoms with Gasteiger partial charge >= 0.3 is 0 Å². The quantitative estimate of drug-likeness (QED) is 0.585. The monoisotopic (exact) mass is 474 g/mol. The number of nitrogens with zero attached hydrogens (tertiary/aromatic N) is 6. The molecule has 10 heteroatoms. The van der Waals surface area contributed by atoms with Crippen molar-refractivity contribution in [1.29, 1.82) is 0 Å². The van der Waals surface area contributed by atoms with Crippen LogP contribution >= 0.6 is 0 Å². The molecule has 3 aromatic heterocycles. The normalized spacial score (nSPS) is 21.7. The second kappa shape index (κ2) is 8.60. The molecule has 0 radical (unpaired) electrons. The first kappa shape index (κ1) is 22.0. The van der Waals surface area contributed by atoms with E-state index in [9.17, 15) is 9.59 Å². The van der Waals surface area contributed by atoms with Gasteiger partial charge in [0.1, 0.15) is 17.2 Å². The van der Waals surface area contributed by atoms with Crippen LogP contribution in [0.4, 0.5) is 11.8 Å². The van der Waals surface area contributed by atoms with Crippen LogP contribution in [0.15, 0.2) is 30.6 Å². The Labute approximate surface area is 203 Å². The number of nitrogens with one attached hydrogen (secondary N) is 2. The van der Waals surface area contributed by atoms with E-state index in [1.165, 1.54) is 0 Å². The summed E-state index contributed by atoms with van der Waals surface area (Å²) in [6, 6.07) is 6.43. The molecule has 3 aromatic rings. The van der Waals surface area contributed by atoms with Gasteiger partial charge in [-0.2, -0.15) is 4.98 Å². The van der Waals surface area contributed by atoms with Gasteiger partial charge in [-0.1, -0.05) is 12.8 Å². The zero-order chi connectivity index (χ0) is 24.1. The molecule has 10 nitrogen and oxygen atoms in total. The smallest absolute Gasteiger partial charge is 0.270 e. The predicted octanol–water partition coefficient (Wildman–Crippen LogP) is 2.57. The Morgan fingerprint density at radius 3 is 2.60 bits per heavy atom. The van der Waals surface area contributed by atoms with Crippen molar-refractivity contribution in [2.45, 2.75) is 50.2 Å². The van der Waals surface area contributed by atoms with Gasteiger partial charge in [-0.15, -0.1) is 0 Å². The predicted molar refractivity (Wildman–Crippen MR) is 132 cm³/mol. The highest BCUT2D eigenvalue weighted by Crippen LogP contribution is 2.35. The van der Waals surface area contributed by atoms with Crippen molar-refractivity contribution < 1.29 is 9.59 Å². The largest absolute Gasteiger partial charge is 0.343 e. The topological polar surface area (TPSA) is 108 Å². The Balaban J connectivity index is 1.25. The van der Waals surface area contributed by atoms with E-state index in [2.05, 4.69) is 25.2 Å². The van der Waals surface area contributed by atoms with Gasteiger partial charge in [0, 0.05) is 63.1 Å². The zero-order valence-electron chi connectivity index (χ0n) is 20.1. The van der Waals surface area contributed by atoms with E-state index >= 15 is 0 Å². The van der Waals surface area contributed by atoms with Crippen molar-refractivity contribution in [2.24, 2.45) is 0 Å². The summed E-state index contributed by atoms with van der Waals surface area (Å²) < 4.78 is 2.09. The van der Waals surface area contributed by atoms with E-state index in [1.54, 1.807) is 43.5 Å². The summed E-state index contributed by atoms with van der Waals surface area (Å²) in [6.45, 7) is 1.63. The van der Waals surface area contributed by atoms with E-state index < -0.39 is 0 Å². The van der Waals surface area contributed by atoms with Gasteiger partial charge in [-0.25, -0.2) is 9.97 Å². The lowest BCUT2D eigenvalue weighted by Crippen LogP contribution is -2.46. The molecule has 1 aliphatic carbocycles. The zero-order valence-corrected chi connectivity index (χ0v) is 20.1. The van der Waals surface area contributed by atoms with E-state index in [4.69, 9.17) is 4.98 Å². The third-order valence-corrected chi connectivity index (χ3v) is 7.46. The van der Waals surface area contributed by atoms with Crippen LogP contribution in [-0.2, 0) is 0 Å². The van der Waals surface area contributed by atoms with Crippen LogP contribution < -0.4 is 10.6 Å². The number of fused-ring (bicyclic) bond motifs is 3. The molecule has 35 heavy (non-hydrogen) atoms. The number of rotatable bonds is 5. The highest BCUT2D eigenvalue weighted by Gasteiger charge is 2.40. The molecule has 0 spiro atoms. The summed E-state index contributed by atoms with van der Waals surface area (Å²) in [5, 5.41) is 7.42. The van der Waals surface area contributed by atoms with Gasteiger partial charge in [0.25, 0.3) is 11.8 Å². The van der Waals surface area contributed by atoms with Crippen molar-refractivity contribution in [3.05, 3.63) is 41.9 Å². The minimum absolute atomic E-state index is 0.0307. The second-order valence-electron chi connectivity index (χ2n) is 10.0. The standard InChI is InChI=1S/C25H30N8O2/c1-31(2)24(35)20-9-16-12-28-25(30-22(16)33(20)18-5-3-4-6-18)29-21-8-7-15(11-27-21)23(34)32-14-17-10-19(32)13-26-17/h7-9,11-12,17-19,26H,3-6,10,13-14H2,1-2H3,(H,27,28,29,30)/t17-,19-/m1/s1. The molecule has 3 aliphatic rings. The third kappa shape index (κ3) is 3.91. The summed E-state index contributed by atoms with van der Waals surface area (Å²) in [5.41, 5.74) is 1.99. The van der Waals surface area contributed by atoms with Crippen molar-refractivity contribution in [3.63, 3.8) is 0 Å². The number of piperazine rings is 1. The van der Waals surface area contributed by atoms with Gasteiger partial charge in [-0.05, 0) is 37.5 Å². The van der Waals surface area contributed by atoms with E-state index in [1.807, 2.05) is 11.0 Å². The van der Waals surface area contributed by atoms with Crippen molar-refractivity contribution in [3.8, 4) is 0 Å². The molecule has 6 rings (SSSR count). The number of amides is 2. The number of pyridine rings is 1. The number of anilines is 2. The van der Waals surface area contributed by atoms with Crippen LogP contribution in [0.25, 0.3) is 11.0 Å². The Morgan fingerprint density at radius 1 is 1.11 bits per heavy atom. The first-order valence-corrected chi connectivity index (χ1v) is 12.3. The molecule has 2 aliphatic heterocycles. The molecule has 0 aromatic carbocycles. The molecule has 5 heterocycles. The number of carbonyl (C=O) groups is 2. The van der Waals surface area contributed by atoms with E-state index in [0.717, 1.165) is 56.2 Å². The number of likely N-dealkylation sites (tertiary alicyclic amines) is 1. The minimum atomic E-state index is -0.0339. The maximum absolute atomic E-state index is 12.9. The molecule has 0 unspecified atom stereocenters. The van der Waals surface area contributed by atoms with E-state index in [-0.39, 0.29) is 23.9 Å². The van der Waals surface area contributed by atoms with Crippen LogP contribution in [-0.4, -0.2) is 80.4 Å². The SMILES string of the molecule is CN(C)C(=O)c1cc2cnc(Nc3ccc(C(=O)N4C[C@H]5C[C@@H]4CN5)cn3)nc2n1C1CCCC1. The average Bonchev–Trinajstić information content (AvgIpc) is 3.67. The minimum Gasteiger partial charge on any atom is -0.343 e. The van der Waals surface area contributed by atoms with Crippen molar-refractivity contribution in [1.82, 2.24) is 34.6 Å². The molecule has 2 atom stereocenters. The molecule has 2 N–H and O–H groups in total. The van der Waals surface area contributed by atoms with Gasteiger partial charge in [0.15, 0.2) is 0 Å². The molecule has 2 saturated heterocycles. The van der Waals surface area contributed by atoms with Crippen LogP contribution in [0, 0.1) is 0 Å². The highest BCUT2D eigenvalue weighted by atomic mass is 16.2. The van der Waals surface area contributed by atoms with Crippen molar-refractivity contribution >= 4 is 34.6 Å². The fourth-order valence-corrected chi connectivity index (χ4v) is 5.68. The lowest BCUT2D eigenvalue weighted by molar-refractivity contribution is 0.0715. The first-order chi connectivity index (χ1) is 17.0. The van der Waals surface area contributed by atoms with Gasteiger partial charge in [0.2, 0.25) is 5.95 Å². The Bertz CT molecular complexity index is 1280. The van der Waals surface area contributed by atoms with Gasteiger partial charge in [0.05, 0.1) is 5.56 Å². The Morgan fingerprint density at radius 2 is 1.94 bits per heavy atom. The molecule has 2 bridgehead atoms.